The molecular weight excluding hydrogens is 302 g/mol. The van der Waals surface area contributed by atoms with Gasteiger partial charge in [-0.2, -0.15) is 0 Å². The molecule has 0 saturated heterocycles. The van der Waals surface area contributed by atoms with Crippen molar-refractivity contribution in [3.05, 3.63) is 70.8 Å². The third kappa shape index (κ3) is 4.03. The number of benzene rings is 2. The summed E-state index contributed by atoms with van der Waals surface area (Å²) >= 11 is 0. The highest BCUT2D eigenvalue weighted by molar-refractivity contribution is 5.91. The van der Waals surface area contributed by atoms with E-state index in [1.165, 1.54) is 5.56 Å². The number of carbonyl (C=O) groups is 1. The Bertz CT molecular complexity index is 752. The molecule has 0 fully saturated rings. The van der Waals surface area contributed by atoms with Crippen molar-refractivity contribution in [2.75, 3.05) is 13.7 Å². The summed E-state index contributed by atoms with van der Waals surface area (Å²) in [6, 6.07) is 13.9. The van der Waals surface area contributed by atoms with Crippen molar-refractivity contribution in [2.24, 2.45) is 0 Å². The quantitative estimate of drug-likeness (QED) is 0.831. The monoisotopic (exact) mass is 323 g/mol. The first kappa shape index (κ1) is 16.3. The molecule has 1 aliphatic heterocycles. The Hall–Kier alpha value is -2.59. The molecule has 124 valence electrons. The minimum atomic E-state index is -0.112. The lowest BCUT2D eigenvalue weighted by molar-refractivity contribution is -0.116. The maximum Gasteiger partial charge on any atom is 0.244 e. The van der Waals surface area contributed by atoms with Gasteiger partial charge in [-0.3, -0.25) is 4.79 Å². The van der Waals surface area contributed by atoms with Gasteiger partial charge in [-0.05, 0) is 40.5 Å². The van der Waals surface area contributed by atoms with E-state index in [9.17, 15) is 4.79 Å². The average molecular weight is 323 g/mol. The van der Waals surface area contributed by atoms with Crippen LogP contribution in [0.1, 0.15) is 22.3 Å². The van der Waals surface area contributed by atoms with Crippen molar-refractivity contribution in [2.45, 2.75) is 19.6 Å². The van der Waals surface area contributed by atoms with Gasteiger partial charge in [0.25, 0.3) is 0 Å². The Kier molecular flexibility index (Phi) is 5.29. The molecule has 1 amide bonds. The molecule has 0 radical (unpaired) electrons. The van der Waals surface area contributed by atoms with E-state index >= 15 is 0 Å². The predicted molar refractivity (Wildman–Crippen MR) is 93.7 cm³/mol. The van der Waals surface area contributed by atoms with Crippen LogP contribution >= 0.6 is 0 Å². The molecule has 2 aromatic rings. The summed E-state index contributed by atoms with van der Waals surface area (Å²) in [6.45, 7) is 1.77. The Balaban J connectivity index is 1.58. The standard InChI is InChI=1S/C20H21NO3/c1-23-14-18-5-3-2-4-17(18)13-21-20(22)9-7-15-6-8-19-16(12-15)10-11-24-19/h2-9,12H,10-11,13-14H2,1H3,(H,21,22)/b9-7+. The van der Waals surface area contributed by atoms with Crippen LogP contribution in [0.25, 0.3) is 6.08 Å². The fourth-order valence-corrected chi connectivity index (χ4v) is 2.75. The number of fused-ring (bicyclic) bond motifs is 1. The Morgan fingerprint density at radius 1 is 1.25 bits per heavy atom. The van der Waals surface area contributed by atoms with Crippen molar-refractivity contribution in [3.63, 3.8) is 0 Å². The number of hydrogen-bond donors (Lipinski definition) is 1. The topological polar surface area (TPSA) is 47.6 Å². The van der Waals surface area contributed by atoms with Gasteiger partial charge in [-0.1, -0.05) is 30.3 Å². The van der Waals surface area contributed by atoms with Crippen molar-refractivity contribution >= 4 is 12.0 Å². The van der Waals surface area contributed by atoms with E-state index in [0.29, 0.717) is 13.2 Å². The Labute approximate surface area is 142 Å². The lowest BCUT2D eigenvalue weighted by atomic mass is 10.1. The summed E-state index contributed by atoms with van der Waals surface area (Å²) in [5.74, 6) is 0.838. The molecule has 4 nitrogen and oxygen atoms in total. The van der Waals surface area contributed by atoms with Gasteiger partial charge in [0.2, 0.25) is 5.91 Å². The van der Waals surface area contributed by atoms with Crippen LogP contribution in [-0.2, 0) is 29.1 Å². The van der Waals surface area contributed by atoms with Gasteiger partial charge in [0.1, 0.15) is 5.75 Å². The molecule has 1 N–H and O–H groups in total. The summed E-state index contributed by atoms with van der Waals surface area (Å²) in [5, 5.41) is 2.91. The molecule has 0 saturated carbocycles. The largest absolute Gasteiger partial charge is 0.493 e. The van der Waals surface area contributed by atoms with Crippen LogP contribution in [0.4, 0.5) is 0 Å². The van der Waals surface area contributed by atoms with E-state index in [4.69, 9.17) is 9.47 Å². The number of hydrogen-bond acceptors (Lipinski definition) is 3. The van der Waals surface area contributed by atoms with Crippen LogP contribution in [0.15, 0.2) is 48.5 Å². The lowest BCUT2D eigenvalue weighted by Crippen LogP contribution is -2.21. The van der Waals surface area contributed by atoms with Gasteiger partial charge in [-0.25, -0.2) is 0 Å². The minimum absolute atomic E-state index is 0.112. The summed E-state index contributed by atoms with van der Waals surface area (Å²) in [6.07, 6.45) is 4.32. The third-order valence-electron chi connectivity index (χ3n) is 4.01. The molecule has 0 aromatic heterocycles. The smallest absolute Gasteiger partial charge is 0.244 e. The van der Waals surface area contributed by atoms with Crippen LogP contribution in [0.2, 0.25) is 0 Å². The number of amides is 1. The molecular formula is C20H21NO3. The maximum atomic E-state index is 12.0. The van der Waals surface area contributed by atoms with E-state index in [1.807, 2.05) is 42.5 Å². The summed E-state index contributed by atoms with van der Waals surface area (Å²) in [4.78, 5) is 12.0. The first-order valence-corrected chi connectivity index (χ1v) is 8.03. The molecule has 0 atom stereocenters. The fourth-order valence-electron chi connectivity index (χ4n) is 2.75. The van der Waals surface area contributed by atoms with E-state index in [2.05, 4.69) is 11.4 Å². The third-order valence-corrected chi connectivity index (χ3v) is 4.01. The molecule has 0 spiro atoms. The molecule has 24 heavy (non-hydrogen) atoms. The molecule has 2 aromatic carbocycles. The second-order valence-corrected chi connectivity index (χ2v) is 5.72. The summed E-state index contributed by atoms with van der Waals surface area (Å²) in [7, 11) is 1.67. The SMILES string of the molecule is COCc1ccccc1CNC(=O)/C=C/c1ccc2c(c1)CCO2. The minimum Gasteiger partial charge on any atom is -0.493 e. The molecule has 0 unspecified atom stereocenters. The van der Waals surface area contributed by atoms with Crippen molar-refractivity contribution in [1.29, 1.82) is 0 Å². The molecule has 0 bridgehead atoms. The van der Waals surface area contributed by atoms with Gasteiger partial charge in [0.05, 0.1) is 13.2 Å². The van der Waals surface area contributed by atoms with Crippen molar-refractivity contribution in [1.82, 2.24) is 5.32 Å². The second kappa shape index (κ2) is 7.79. The molecule has 1 heterocycles. The van der Waals surface area contributed by atoms with Crippen molar-refractivity contribution < 1.29 is 14.3 Å². The number of rotatable bonds is 6. The van der Waals surface area contributed by atoms with Crippen LogP contribution in [0.3, 0.4) is 0 Å². The van der Waals surface area contributed by atoms with E-state index < -0.39 is 0 Å². The molecule has 4 heteroatoms. The number of methoxy groups -OCH3 is 1. The van der Waals surface area contributed by atoms with E-state index in [1.54, 1.807) is 13.2 Å². The van der Waals surface area contributed by atoms with Crippen LogP contribution in [0, 0.1) is 0 Å². The first-order chi connectivity index (χ1) is 11.8. The fraction of sp³-hybridized carbons (Fsp3) is 0.250. The first-order valence-electron chi connectivity index (χ1n) is 8.03. The molecule has 0 aliphatic carbocycles. The van der Waals surface area contributed by atoms with E-state index in [0.717, 1.165) is 35.5 Å². The maximum absolute atomic E-state index is 12.0. The van der Waals surface area contributed by atoms with Crippen LogP contribution < -0.4 is 10.1 Å². The van der Waals surface area contributed by atoms with Crippen LogP contribution in [-0.4, -0.2) is 19.6 Å². The highest BCUT2D eigenvalue weighted by atomic mass is 16.5. The second-order valence-electron chi connectivity index (χ2n) is 5.72. The lowest BCUT2D eigenvalue weighted by Gasteiger charge is -2.09. The summed E-state index contributed by atoms with van der Waals surface area (Å²) < 4.78 is 10.7. The zero-order valence-corrected chi connectivity index (χ0v) is 13.7. The highest BCUT2D eigenvalue weighted by Crippen LogP contribution is 2.26. The van der Waals surface area contributed by atoms with Gasteiger partial charge in [-0.15, -0.1) is 0 Å². The van der Waals surface area contributed by atoms with E-state index in [-0.39, 0.29) is 5.91 Å². The number of ether oxygens (including phenoxy) is 2. The van der Waals surface area contributed by atoms with Gasteiger partial charge in [0.15, 0.2) is 0 Å². The molecule has 3 rings (SSSR count). The predicted octanol–water partition coefficient (Wildman–Crippen LogP) is 3.10. The number of nitrogens with one attached hydrogen (secondary N) is 1. The van der Waals surface area contributed by atoms with Gasteiger partial charge >= 0.3 is 0 Å². The average Bonchev–Trinajstić information content (AvgIpc) is 3.07. The van der Waals surface area contributed by atoms with Gasteiger partial charge < -0.3 is 14.8 Å². The molecule has 1 aliphatic rings. The van der Waals surface area contributed by atoms with Crippen molar-refractivity contribution in [3.8, 4) is 5.75 Å². The number of carbonyl (C=O) groups excluding carboxylic acids is 1. The zero-order chi connectivity index (χ0) is 16.8. The zero-order valence-electron chi connectivity index (χ0n) is 13.7. The summed E-state index contributed by atoms with van der Waals surface area (Å²) in [5.41, 5.74) is 4.36. The van der Waals surface area contributed by atoms with Gasteiger partial charge in [0, 0.05) is 26.2 Å². The normalized spacial score (nSPS) is 12.9. The van der Waals surface area contributed by atoms with Crippen LogP contribution in [0.5, 0.6) is 5.75 Å². The Morgan fingerprint density at radius 3 is 2.92 bits per heavy atom. The highest BCUT2D eigenvalue weighted by Gasteiger charge is 2.11. The Morgan fingerprint density at radius 2 is 2.08 bits per heavy atom.